The van der Waals surface area contributed by atoms with Crippen molar-refractivity contribution in [2.75, 3.05) is 19.7 Å². The van der Waals surface area contributed by atoms with Gasteiger partial charge in [0.15, 0.2) is 0 Å². The summed E-state index contributed by atoms with van der Waals surface area (Å²) in [5.41, 5.74) is 5.29. The number of ether oxygens (including phenoxy) is 1. The number of hydrogen-bond donors (Lipinski definition) is 2. The highest BCUT2D eigenvalue weighted by Crippen LogP contribution is 2.41. The van der Waals surface area contributed by atoms with Crippen LogP contribution in [0.25, 0.3) is 0 Å². The Kier molecular flexibility index (Phi) is 4.66. The van der Waals surface area contributed by atoms with Crippen LogP contribution in [0, 0.1) is 5.92 Å². The molecule has 0 aromatic rings. The number of alkyl halides is 3. The molecule has 1 saturated carbocycles. The van der Waals surface area contributed by atoms with Crippen molar-refractivity contribution in [3.8, 4) is 0 Å². The largest absolute Gasteiger partial charge is 0.391 e. The summed E-state index contributed by atoms with van der Waals surface area (Å²) in [7, 11) is 0. The molecule has 2 fully saturated rings. The molecule has 3 nitrogen and oxygen atoms in total. The Hall–Kier alpha value is -0.330. The lowest BCUT2D eigenvalue weighted by atomic mass is 9.76. The molecule has 0 radical (unpaired) electrons. The summed E-state index contributed by atoms with van der Waals surface area (Å²) in [6.45, 7) is 3.87. The van der Waals surface area contributed by atoms with E-state index in [0.717, 1.165) is 19.4 Å². The average Bonchev–Trinajstić information content (AvgIpc) is 2.83. The summed E-state index contributed by atoms with van der Waals surface area (Å²) in [6, 6.07) is 0. The molecule has 118 valence electrons. The molecule has 0 aromatic carbocycles. The first-order valence-electron chi connectivity index (χ1n) is 7.44. The lowest BCUT2D eigenvalue weighted by Gasteiger charge is -2.42. The van der Waals surface area contributed by atoms with Gasteiger partial charge >= 0.3 is 6.18 Å². The van der Waals surface area contributed by atoms with Crippen molar-refractivity contribution in [3.63, 3.8) is 0 Å². The van der Waals surface area contributed by atoms with Gasteiger partial charge in [-0.2, -0.15) is 13.2 Å². The predicted octanol–water partition coefficient (Wildman–Crippen LogP) is 2.60. The fraction of sp³-hybridized carbons (Fsp3) is 1.00. The van der Waals surface area contributed by atoms with Gasteiger partial charge < -0.3 is 15.8 Å². The van der Waals surface area contributed by atoms with E-state index >= 15 is 0 Å². The van der Waals surface area contributed by atoms with E-state index in [1.54, 1.807) is 0 Å². The minimum atomic E-state index is -4.07. The molecule has 0 amide bonds. The van der Waals surface area contributed by atoms with E-state index in [4.69, 9.17) is 10.5 Å². The fourth-order valence-electron chi connectivity index (χ4n) is 3.30. The first-order valence-corrected chi connectivity index (χ1v) is 7.44. The normalized spacial score (nSPS) is 39.1. The Morgan fingerprint density at radius 1 is 1.25 bits per heavy atom. The van der Waals surface area contributed by atoms with Crippen LogP contribution in [0.1, 0.15) is 45.4 Å². The van der Waals surface area contributed by atoms with Crippen molar-refractivity contribution in [1.82, 2.24) is 5.32 Å². The third-order valence-electron chi connectivity index (χ3n) is 4.93. The third kappa shape index (κ3) is 3.65. The van der Waals surface area contributed by atoms with Crippen molar-refractivity contribution in [2.24, 2.45) is 11.7 Å². The van der Waals surface area contributed by atoms with Crippen LogP contribution in [0.5, 0.6) is 0 Å². The van der Waals surface area contributed by atoms with Crippen LogP contribution >= 0.6 is 0 Å². The number of hydrogen-bond acceptors (Lipinski definition) is 3. The van der Waals surface area contributed by atoms with Crippen LogP contribution in [-0.4, -0.2) is 37.0 Å². The predicted molar refractivity (Wildman–Crippen MR) is 71.4 cm³/mol. The maximum absolute atomic E-state index is 12.7. The topological polar surface area (TPSA) is 47.3 Å². The highest BCUT2D eigenvalue weighted by Gasteiger charge is 2.45. The van der Waals surface area contributed by atoms with Crippen molar-refractivity contribution in [3.05, 3.63) is 0 Å². The molecule has 0 bridgehead atoms. The molecule has 6 heteroatoms. The van der Waals surface area contributed by atoms with Crippen molar-refractivity contribution >= 4 is 0 Å². The molecular formula is C14H25F3N2O. The molecule has 1 heterocycles. The molecule has 2 rings (SSSR count). The summed E-state index contributed by atoms with van der Waals surface area (Å²) in [6.07, 6.45) is -0.707. The van der Waals surface area contributed by atoms with Gasteiger partial charge in [-0.3, -0.25) is 0 Å². The van der Waals surface area contributed by atoms with Gasteiger partial charge in [-0.05, 0) is 45.4 Å². The Morgan fingerprint density at radius 2 is 1.90 bits per heavy atom. The van der Waals surface area contributed by atoms with E-state index in [2.05, 4.69) is 12.2 Å². The van der Waals surface area contributed by atoms with E-state index in [1.165, 1.54) is 0 Å². The zero-order valence-electron chi connectivity index (χ0n) is 12.1. The molecule has 0 spiro atoms. The maximum atomic E-state index is 12.7. The molecule has 1 aliphatic carbocycles. The molecule has 1 aliphatic heterocycles. The SMILES string of the molecule is CC1(CNC2(CN)CCC(C(F)(F)F)CC2)CCCO1. The summed E-state index contributed by atoms with van der Waals surface area (Å²) < 4.78 is 43.9. The fourth-order valence-corrected chi connectivity index (χ4v) is 3.30. The first-order chi connectivity index (χ1) is 9.29. The van der Waals surface area contributed by atoms with Gasteiger partial charge in [-0.25, -0.2) is 0 Å². The Labute approximate surface area is 118 Å². The summed E-state index contributed by atoms with van der Waals surface area (Å²) in [4.78, 5) is 0. The average molecular weight is 294 g/mol. The summed E-state index contributed by atoms with van der Waals surface area (Å²) >= 11 is 0. The lowest BCUT2D eigenvalue weighted by Crippen LogP contribution is -2.57. The Morgan fingerprint density at radius 3 is 2.35 bits per heavy atom. The molecular weight excluding hydrogens is 269 g/mol. The highest BCUT2D eigenvalue weighted by molar-refractivity contribution is 4.97. The molecule has 1 saturated heterocycles. The molecule has 1 atom stereocenters. The zero-order chi connectivity index (χ0) is 14.9. The van der Waals surface area contributed by atoms with Gasteiger partial charge in [0, 0.05) is 25.2 Å². The maximum Gasteiger partial charge on any atom is 0.391 e. The van der Waals surface area contributed by atoms with E-state index in [0.29, 0.717) is 25.9 Å². The zero-order valence-corrected chi connectivity index (χ0v) is 12.1. The smallest absolute Gasteiger partial charge is 0.374 e. The number of rotatable bonds is 4. The van der Waals surface area contributed by atoms with Crippen LogP contribution in [0.2, 0.25) is 0 Å². The van der Waals surface area contributed by atoms with Crippen LogP contribution in [0.15, 0.2) is 0 Å². The standard InChI is InChI=1S/C14H25F3N2O/c1-12(5-2-8-20-12)10-19-13(9-18)6-3-11(4-7-13)14(15,16)17/h11,19H,2-10,18H2,1H3. The second-order valence-electron chi connectivity index (χ2n) is 6.56. The van der Waals surface area contributed by atoms with Crippen LogP contribution < -0.4 is 11.1 Å². The van der Waals surface area contributed by atoms with Crippen molar-refractivity contribution in [2.45, 2.75) is 62.8 Å². The molecule has 2 aliphatic rings. The summed E-state index contributed by atoms with van der Waals surface area (Å²) in [5, 5.41) is 3.42. The minimum absolute atomic E-state index is 0.172. The summed E-state index contributed by atoms with van der Waals surface area (Å²) in [5.74, 6) is -1.16. The molecule has 1 unspecified atom stereocenters. The first kappa shape index (κ1) is 16.0. The van der Waals surface area contributed by atoms with Crippen LogP contribution in [0.4, 0.5) is 13.2 Å². The number of nitrogens with two attached hydrogens (primary N) is 1. The third-order valence-corrected chi connectivity index (χ3v) is 4.93. The Bertz CT molecular complexity index is 319. The van der Waals surface area contributed by atoms with Gasteiger partial charge in [0.2, 0.25) is 0 Å². The van der Waals surface area contributed by atoms with Gasteiger partial charge in [-0.15, -0.1) is 0 Å². The van der Waals surface area contributed by atoms with Gasteiger partial charge in [-0.1, -0.05) is 0 Å². The monoisotopic (exact) mass is 294 g/mol. The van der Waals surface area contributed by atoms with Gasteiger partial charge in [0.05, 0.1) is 11.5 Å². The van der Waals surface area contributed by atoms with E-state index in [1.807, 2.05) is 0 Å². The van der Waals surface area contributed by atoms with Gasteiger partial charge in [0.25, 0.3) is 0 Å². The van der Waals surface area contributed by atoms with Gasteiger partial charge in [0.1, 0.15) is 0 Å². The minimum Gasteiger partial charge on any atom is -0.374 e. The number of nitrogens with one attached hydrogen (secondary N) is 1. The van der Waals surface area contributed by atoms with Crippen LogP contribution in [-0.2, 0) is 4.74 Å². The van der Waals surface area contributed by atoms with Crippen LogP contribution in [0.3, 0.4) is 0 Å². The highest BCUT2D eigenvalue weighted by atomic mass is 19.4. The van der Waals surface area contributed by atoms with Crippen molar-refractivity contribution in [1.29, 1.82) is 0 Å². The second-order valence-corrected chi connectivity index (χ2v) is 6.56. The molecule has 0 aromatic heterocycles. The van der Waals surface area contributed by atoms with E-state index < -0.39 is 12.1 Å². The lowest BCUT2D eigenvalue weighted by molar-refractivity contribution is -0.185. The molecule has 3 N–H and O–H groups in total. The van der Waals surface area contributed by atoms with E-state index in [-0.39, 0.29) is 24.0 Å². The second kappa shape index (κ2) is 5.81. The number of halogens is 3. The quantitative estimate of drug-likeness (QED) is 0.838. The van der Waals surface area contributed by atoms with E-state index in [9.17, 15) is 13.2 Å². The van der Waals surface area contributed by atoms with Crippen molar-refractivity contribution < 1.29 is 17.9 Å². The Balaban J connectivity index is 1.88. The molecule has 20 heavy (non-hydrogen) atoms.